The average molecular weight is 221 g/mol. The molecule has 0 saturated heterocycles. The topological polar surface area (TPSA) is 23.5 Å². The van der Waals surface area contributed by atoms with E-state index in [0.29, 0.717) is 0 Å². The second-order valence-electron chi connectivity index (χ2n) is 5.37. The molecular weight excluding hydrogens is 198 g/mol. The predicted molar refractivity (Wildman–Crippen MR) is 70.4 cm³/mol. The summed E-state index contributed by atoms with van der Waals surface area (Å²) >= 11 is 0. The fourth-order valence-corrected chi connectivity index (χ4v) is 1.79. The molecule has 0 aliphatic heterocycles. The van der Waals surface area contributed by atoms with Gasteiger partial charge in [-0.3, -0.25) is 0 Å². The Morgan fingerprint density at radius 1 is 1.19 bits per heavy atom. The van der Waals surface area contributed by atoms with Crippen LogP contribution in [0.4, 0.5) is 5.69 Å². The number of rotatable bonds is 3. The van der Waals surface area contributed by atoms with Crippen LogP contribution in [0, 0.1) is 13.8 Å². The van der Waals surface area contributed by atoms with Crippen LogP contribution in [0.2, 0.25) is 0 Å². The minimum absolute atomic E-state index is 0.169. The van der Waals surface area contributed by atoms with Gasteiger partial charge in [-0.15, -0.1) is 0 Å². The lowest BCUT2D eigenvalue weighted by Crippen LogP contribution is -2.23. The van der Waals surface area contributed by atoms with Gasteiger partial charge in [0.15, 0.2) is 0 Å². The van der Waals surface area contributed by atoms with E-state index in [2.05, 4.69) is 58.8 Å². The third kappa shape index (κ3) is 2.38. The van der Waals surface area contributed by atoms with E-state index in [1.54, 1.807) is 0 Å². The highest BCUT2D eigenvalue weighted by molar-refractivity contribution is 5.58. The van der Waals surface area contributed by atoms with Crippen LogP contribution in [0.1, 0.15) is 30.5 Å². The largest absolute Gasteiger partial charge is 0.395 e. The molecule has 16 heavy (non-hydrogen) atoms. The average Bonchev–Trinajstić information content (AvgIpc) is 2.21. The molecule has 90 valence electrons. The van der Waals surface area contributed by atoms with Gasteiger partial charge in [-0.05, 0) is 36.6 Å². The van der Waals surface area contributed by atoms with Crippen LogP contribution in [0.25, 0.3) is 0 Å². The van der Waals surface area contributed by atoms with E-state index < -0.39 is 0 Å². The number of aryl methyl sites for hydroxylation is 1. The summed E-state index contributed by atoms with van der Waals surface area (Å²) in [6.45, 7) is 8.56. The Bertz CT molecular complexity index is 381. The first kappa shape index (κ1) is 13.0. The number of nitrogens with zero attached hydrogens (tertiary/aromatic N) is 1. The summed E-state index contributed by atoms with van der Waals surface area (Å²) in [5.74, 6) is 0. The molecule has 2 heteroatoms. The van der Waals surface area contributed by atoms with E-state index in [4.69, 9.17) is 0 Å². The summed E-state index contributed by atoms with van der Waals surface area (Å²) in [4.78, 5) is 2.12. The van der Waals surface area contributed by atoms with Crippen LogP contribution >= 0.6 is 0 Å². The van der Waals surface area contributed by atoms with Crippen LogP contribution in [0.5, 0.6) is 0 Å². The molecule has 1 rings (SSSR count). The number of hydrogen-bond donors (Lipinski definition) is 1. The van der Waals surface area contributed by atoms with Crippen molar-refractivity contribution < 1.29 is 5.11 Å². The zero-order valence-corrected chi connectivity index (χ0v) is 11.3. The highest BCUT2D eigenvalue weighted by Crippen LogP contribution is 2.30. The van der Waals surface area contributed by atoms with Crippen LogP contribution < -0.4 is 4.90 Å². The maximum atomic E-state index is 9.42. The normalized spacial score (nSPS) is 11.7. The SMILES string of the molecule is Cc1cc(C(C)(C)CO)cc(N(C)C)c1C. The molecule has 0 bridgehead atoms. The van der Waals surface area contributed by atoms with E-state index in [0.717, 1.165) is 0 Å². The van der Waals surface area contributed by atoms with Gasteiger partial charge >= 0.3 is 0 Å². The van der Waals surface area contributed by atoms with Crippen molar-refractivity contribution in [2.75, 3.05) is 25.6 Å². The van der Waals surface area contributed by atoms with E-state index >= 15 is 0 Å². The van der Waals surface area contributed by atoms with Crippen molar-refractivity contribution in [2.24, 2.45) is 0 Å². The van der Waals surface area contributed by atoms with Crippen LogP contribution in [0.3, 0.4) is 0 Å². The summed E-state index contributed by atoms with van der Waals surface area (Å²) in [6, 6.07) is 4.36. The summed E-state index contributed by atoms with van der Waals surface area (Å²) in [5.41, 5.74) is 4.84. The highest BCUT2D eigenvalue weighted by Gasteiger charge is 2.21. The number of benzene rings is 1. The van der Waals surface area contributed by atoms with Crippen molar-refractivity contribution in [3.05, 3.63) is 28.8 Å². The zero-order valence-electron chi connectivity index (χ0n) is 11.3. The molecule has 0 fully saturated rings. The monoisotopic (exact) mass is 221 g/mol. The van der Waals surface area contributed by atoms with Crippen molar-refractivity contribution in [3.63, 3.8) is 0 Å². The van der Waals surface area contributed by atoms with Gasteiger partial charge in [0.2, 0.25) is 0 Å². The fourth-order valence-electron chi connectivity index (χ4n) is 1.79. The third-order valence-electron chi connectivity index (χ3n) is 3.30. The molecule has 1 aromatic rings. The molecule has 1 aromatic carbocycles. The summed E-state index contributed by atoms with van der Waals surface area (Å²) in [6.07, 6.45) is 0. The standard InChI is InChI=1S/C14H23NO/c1-10-7-12(14(3,4)9-16)8-13(11(10)2)15(5)6/h7-8,16H,9H2,1-6H3. The Labute approximate surface area is 98.9 Å². The molecule has 0 saturated carbocycles. The maximum Gasteiger partial charge on any atom is 0.0522 e. The smallest absolute Gasteiger partial charge is 0.0522 e. The van der Waals surface area contributed by atoms with Gasteiger partial charge in [0, 0.05) is 25.2 Å². The fraction of sp³-hybridized carbons (Fsp3) is 0.571. The lowest BCUT2D eigenvalue weighted by Gasteiger charge is -2.26. The molecule has 0 unspecified atom stereocenters. The third-order valence-corrected chi connectivity index (χ3v) is 3.30. The molecular formula is C14H23NO. The Morgan fingerprint density at radius 2 is 1.75 bits per heavy atom. The number of hydrogen-bond acceptors (Lipinski definition) is 2. The quantitative estimate of drug-likeness (QED) is 0.848. The number of aliphatic hydroxyl groups excluding tert-OH is 1. The van der Waals surface area contributed by atoms with Crippen LogP contribution in [0.15, 0.2) is 12.1 Å². The minimum Gasteiger partial charge on any atom is -0.395 e. The highest BCUT2D eigenvalue weighted by atomic mass is 16.3. The summed E-state index contributed by atoms with van der Waals surface area (Å²) in [7, 11) is 4.11. The molecule has 0 atom stereocenters. The molecule has 0 aliphatic carbocycles. The molecule has 0 aliphatic rings. The van der Waals surface area contributed by atoms with E-state index in [1.807, 2.05) is 0 Å². The van der Waals surface area contributed by atoms with Crippen molar-refractivity contribution in [3.8, 4) is 0 Å². The maximum absolute atomic E-state index is 9.42. The molecule has 1 N–H and O–H groups in total. The van der Waals surface area contributed by atoms with Gasteiger partial charge in [0.05, 0.1) is 6.61 Å². The molecule has 0 radical (unpaired) electrons. The van der Waals surface area contributed by atoms with Gasteiger partial charge in [-0.25, -0.2) is 0 Å². The van der Waals surface area contributed by atoms with Gasteiger partial charge in [-0.2, -0.15) is 0 Å². The van der Waals surface area contributed by atoms with Gasteiger partial charge in [-0.1, -0.05) is 19.9 Å². The Balaban J connectivity index is 3.35. The van der Waals surface area contributed by atoms with E-state index in [1.165, 1.54) is 22.4 Å². The number of aliphatic hydroxyl groups is 1. The van der Waals surface area contributed by atoms with Crippen molar-refractivity contribution in [1.82, 2.24) is 0 Å². The second kappa shape index (κ2) is 4.46. The molecule has 0 heterocycles. The van der Waals surface area contributed by atoms with Crippen LogP contribution in [-0.2, 0) is 5.41 Å². The summed E-state index contributed by atoms with van der Waals surface area (Å²) in [5, 5.41) is 9.42. The van der Waals surface area contributed by atoms with Crippen molar-refractivity contribution >= 4 is 5.69 Å². The first-order valence-corrected chi connectivity index (χ1v) is 5.69. The molecule has 0 aromatic heterocycles. The van der Waals surface area contributed by atoms with E-state index in [-0.39, 0.29) is 12.0 Å². The zero-order chi connectivity index (χ0) is 12.5. The summed E-state index contributed by atoms with van der Waals surface area (Å²) < 4.78 is 0. The first-order valence-electron chi connectivity index (χ1n) is 5.69. The first-order chi connectivity index (χ1) is 7.29. The van der Waals surface area contributed by atoms with Crippen molar-refractivity contribution in [1.29, 1.82) is 0 Å². The molecule has 2 nitrogen and oxygen atoms in total. The van der Waals surface area contributed by atoms with Crippen molar-refractivity contribution in [2.45, 2.75) is 33.1 Å². The van der Waals surface area contributed by atoms with Gasteiger partial charge in [0.25, 0.3) is 0 Å². The number of anilines is 1. The lowest BCUT2D eigenvalue weighted by atomic mass is 9.83. The van der Waals surface area contributed by atoms with Gasteiger partial charge < -0.3 is 10.0 Å². The Hall–Kier alpha value is -1.02. The van der Waals surface area contributed by atoms with Gasteiger partial charge in [0.1, 0.15) is 0 Å². The molecule has 0 spiro atoms. The van der Waals surface area contributed by atoms with E-state index in [9.17, 15) is 5.11 Å². The second-order valence-corrected chi connectivity index (χ2v) is 5.37. The van der Waals surface area contributed by atoms with Crippen LogP contribution in [-0.4, -0.2) is 25.8 Å². The Kier molecular flexibility index (Phi) is 3.64. The minimum atomic E-state index is -0.177. The predicted octanol–water partition coefficient (Wildman–Crippen LogP) is 2.64. The molecule has 0 amide bonds. The Morgan fingerprint density at radius 3 is 2.19 bits per heavy atom. The lowest BCUT2D eigenvalue weighted by molar-refractivity contribution is 0.218.